The summed E-state index contributed by atoms with van der Waals surface area (Å²) in [5.41, 5.74) is 2.97. The minimum absolute atomic E-state index is 0.0991. The average Bonchev–Trinajstić information content (AvgIpc) is 2.67. The molecule has 0 radical (unpaired) electrons. The average molecular weight is 337 g/mol. The van der Waals surface area contributed by atoms with Gasteiger partial charge in [-0.25, -0.2) is 0 Å². The molecule has 1 N–H and O–H groups in total. The van der Waals surface area contributed by atoms with Crippen molar-refractivity contribution in [3.05, 3.63) is 48.8 Å². The van der Waals surface area contributed by atoms with E-state index in [-0.39, 0.29) is 5.91 Å². The number of hydrogen-bond acceptors (Lipinski definition) is 3. The van der Waals surface area contributed by atoms with Gasteiger partial charge in [-0.3, -0.25) is 9.78 Å². The molecule has 1 saturated heterocycles. The summed E-state index contributed by atoms with van der Waals surface area (Å²) in [6.45, 7) is 3.59. The molecule has 1 fully saturated rings. The molecular formula is C21H27N3O. The van der Waals surface area contributed by atoms with Crippen LogP contribution in [0.4, 0.5) is 5.69 Å². The van der Waals surface area contributed by atoms with Gasteiger partial charge in [-0.15, -0.1) is 0 Å². The van der Waals surface area contributed by atoms with Crippen LogP contribution >= 0.6 is 0 Å². The van der Waals surface area contributed by atoms with Crippen LogP contribution in [0.25, 0.3) is 11.1 Å². The van der Waals surface area contributed by atoms with Crippen molar-refractivity contribution in [2.45, 2.75) is 38.5 Å². The van der Waals surface area contributed by atoms with E-state index in [4.69, 9.17) is 0 Å². The summed E-state index contributed by atoms with van der Waals surface area (Å²) in [4.78, 5) is 18.8. The van der Waals surface area contributed by atoms with Gasteiger partial charge in [0.1, 0.15) is 0 Å². The Labute approximate surface area is 150 Å². The van der Waals surface area contributed by atoms with Gasteiger partial charge in [-0.1, -0.05) is 24.6 Å². The predicted octanol–water partition coefficient (Wildman–Crippen LogP) is 4.34. The number of unbranched alkanes of at least 4 members (excludes halogenated alkanes) is 1. The Bertz CT molecular complexity index is 666. The number of pyridine rings is 1. The molecule has 0 saturated carbocycles. The minimum atomic E-state index is 0.0991. The highest BCUT2D eigenvalue weighted by molar-refractivity contribution is 5.91. The van der Waals surface area contributed by atoms with Crippen LogP contribution in [0, 0.1) is 0 Å². The molecule has 1 aliphatic heterocycles. The second-order valence-corrected chi connectivity index (χ2v) is 6.73. The predicted molar refractivity (Wildman–Crippen MR) is 102 cm³/mol. The molecule has 1 aromatic heterocycles. The molecule has 132 valence electrons. The maximum absolute atomic E-state index is 12.2. The summed E-state index contributed by atoms with van der Waals surface area (Å²) in [6, 6.07) is 11.9. The molecular weight excluding hydrogens is 310 g/mol. The highest BCUT2D eigenvalue weighted by Gasteiger charge is 2.10. The summed E-state index contributed by atoms with van der Waals surface area (Å²) in [5.74, 6) is 0.0991. The van der Waals surface area contributed by atoms with Crippen LogP contribution < -0.4 is 5.32 Å². The summed E-state index contributed by atoms with van der Waals surface area (Å²) >= 11 is 0. The van der Waals surface area contributed by atoms with Crippen LogP contribution in [-0.4, -0.2) is 35.4 Å². The number of amides is 1. The van der Waals surface area contributed by atoms with Crippen molar-refractivity contribution in [1.29, 1.82) is 0 Å². The van der Waals surface area contributed by atoms with E-state index in [1.807, 2.05) is 42.6 Å². The van der Waals surface area contributed by atoms with Crippen molar-refractivity contribution in [3.8, 4) is 11.1 Å². The fourth-order valence-corrected chi connectivity index (χ4v) is 3.34. The summed E-state index contributed by atoms with van der Waals surface area (Å²) in [5, 5.41) is 3.02. The van der Waals surface area contributed by atoms with Gasteiger partial charge in [0.2, 0.25) is 5.91 Å². The molecule has 25 heavy (non-hydrogen) atoms. The van der Waals surface area contributed by atoms with Crippen molar-refractivity contribution in [3.63, 3.8) is 0 Å². The fourth-order valence-electron chi connectivity index (χ4n) is 3.34. The number of aromatic nitrogens is 1. The quantitative estimate of drug-likeness (QED) is 0.764. The van der Waals surface area contributed by atoms with E-state index in [9.17, 15) is 4.79 Å². The van der Waals surface area contributed by atoms with Gasteiger partial charge in [0, 0.05) is 30.1 Å². The van der Waals surface area contributed by atoms with Gasteiger partial charge in [0.15, 0.2) is 0 Å². The van der Waals surface area contributed by atoms with E-state index in [1.165, 1.54) is 32.4 Å². The van der Waals surface area contributed by atoms with Crippen molar-refractivity contribution in [2.75, 3.05) is 25.0 Å². The third-order valence-electron chi connectivity index (χ3n) is 4.72. The molecule has 2 aromatic rings. The summed E-state index contributed by atoms with van der Waals surface area (Å²) in [6.07, 6.45) is 10.3. The second kappa shape index (κ2) is 9.33. The molecule has 1 aliphatic rings. The lowest BCUT2D eigenvalue weighted by Gasteiger charge is -2.26. The molecule has 0 atom stereocenters. The van der Waals surface area contributed by atoms with Crippen LogP contribution in [0.2, 0.25) is 0 Å². The molecule has 1 aromatic carbocycles. The molecule has 0 spiro atoms. The first kappa shape index (κ1) is 17.6. The van der Waals surface area contributed by atoms with E-state index in [2.05, 4.69) is 15.2 Å². The van der Waals surface area contributed by atoms with E-state index < -0.39 is 0 Å². The number of piperidine rings is 1. The van der Waals surface area contributed by atoms with Crippen LogP contribution in [0.5, 0.6) is 0 Å². The Kier molecular flexibility index (Phi) is 6.57. The SMILES string of the molecule is O=C(CCCCN1CCCCC1)Nc1cccc(-c2cccnc2)c1. The Morgan fingerprint density at radius 2 is 1.88 bits per heavy atom. The van der Waals surface area contributed by atoms with Gasteiger partial charge >= 0.3 is 0 Å². The van der Waals surface area contributed by atoms with Gasteiger partial charge in [-0.2, -0.15) is 0 Å². The molecule has 2 heterocycles. The Morgan fingerprint density at radius 1 is 1.04 bits per heavy atom. The number of hydrogen-bond donors (Lipinski definition) is 1. The molecule has 3 rings (SSSR count). The Balaban J connectivity index is 1.43. The molecule has 0 bridgehead atoms. The number of nitrogens with zero attached hydrogens (tertiary/aromatic N) is 2. The number of benzene rings is 1. The van der Waals surface area contributed by atoms with Gasteiger partial charge in [-0.05, 0) is 69.1 Å². The number of anilines is 1. The zero-order valence-electron chi connectivity index (χ0n) is 14.8. The molecule has 4 heteroatoms. The van der Waals surface area contributed by atoms with E-state index in [0.717, 1.165) is 36.2 Å². The Morgan fingerprint density at radius 3 is 2.68 bits per heavy atom. The normalized spacial score (nSPS) is 15.0. The lowest BCUT2D eigenvalue weighted by molar-refractivity contribution is -0.116. The third kappa shape index (κ3) is 5.68. The molecule has 0 aliphatic carbocycles. The van der Waals surface area contributed by atoms with Crippen molar-refractivity contribution >= 4 is 11.6 Å². The second-order valence-electron chi connectivity index (χ2n) is 6.73. The van der Waals surface area contributed by atoms with Crippen molar-refractivity contribution < 1.29 is 4.79 Å². The fraction of sp³-hybridized carbons (Fsp3) is 0.429. The maximum Gasteiger partial charge on any atom is 0.224 e. The van der Waals surface area contributed by atoms with E-state index in [1.54, 1.807) is 6.20 Å². The minimum Gasteiger partial charge on any atom is -0.326 e. The zero-order chi connectivity index (χ0) is 17.3. The standard InChI is InChI=1S/C21H27N3O/c25-21(11-2-5-15-24-13-3-1-4-14-24)23-20-10-6-8-18(16-20)19-9-7-12-22-17-19/h6-10,12,16-17H,1-5,11,13-15H2,(H,23,25). The lowest BCUT2D eigenvalue weighted by atomic mass is 10.1. The summed E-state index contributed by atoms with van der Waals surface area (Å²) in [7, 11) is 0. The van der Waals surface area contributed by atoms with Gasteiger partial charge < -0.3 is 10.2 Å². The number of carbonyl (C=O) groups is 1. The van der Waals surface area contributed by atoms with E-state index >= 15 is 0 Å². The zero-order valence-corrected chi connectivity index (χ0v) is 14.8. The molecule has 4 nitrogen and oxygen atoms in total. The first-order chi connectivity index (χ1) is 12.3. The number of likely N-dealkylation sites (tertiary alicyclic amines) is 1. The van der Waals surface area contributed by atoms with Crippen LogP contribution in [-0.2, 0) is 4.79 Å². The van der Waals surface area contributed by atoms with Crippen molar-refractivity contribution in [2.24, 2.45) is 0 Å². The largest absolute Gasteiger partial charge is 0.326 e. The molecule has 1 amide bonds. The van der Waals surface area contributed by atoms with Crippen LogP contribution in [0.3, 0.4) is 0 Å². The summed E-state index contributed by atoms with van der Waals surface area (Å²) < 4.78 is 0. The maximum atomic E-state index is 12.2. The number of nitrogens with one attached hydrogen (secondary N) is 1. The number of rotatable bonds is 7. The van der Waals surface area contributed by atoms with Crippen LogP contribution in [0.15, 0.2) is 48.8 Å². The first-order valence-corrected chi connectivity index (χ1v) is 9.34. The van der Waals surface area contributed by atoms with Gasteiger partial charge in [0.25, 0.3) is 0 Å². The lowest BCUT2D eigenvalue weighted by Crippen LogP contribution is -2.30. The molecule has 0 unspecified atom stereocenters. The third-order valence-corrected chi connectivity index (χ3v) is 4.72. The van der Waals surface area contributed by atoms with Crippen LogP contribution in [0.1, 0.15) is 38.5 Å². The Hall–Kier alpha value is -2.20. The van der Waals surface area contributed by atoms with Gasteiger partial charge in [0.05, 0.1) is 0 Å². The first-order valence-electron chi connectivity index (χ1n) is 9.34. The highest BCUT2D eigenvalue weighted by Crippen LogP contribution is 2.21. The smallest absolute Gasteiger partial charge is 0.224 e. The van der Waals surface area contributed by atoms with E-state index in [0.29, 0.717) is 6.42 Å². The monoisotopic (exact) mass is 337 g/mol. The number of carbonyl (C=O) groups excluding carboxylic acids is 1. The topological polar surface area (TPSA) is 45.2 Å². The highest BCUT2D eigenvalue weighted by atomic mass is 16.1. The van der Waals surface area contributed by atoms with Crippen molar-refractivity contribution in [1.82, 2.24) is 9.88 Å².